The van der Waals surface area contributed by atoms with Crippen LogP contribution in [0.3, 0.4) is 0 Å². The first-order valence-electron chi connectivity index (χ1n) is 8.21. The highest BCUT2D eigenvalue weighted by molar-refractivity contribution is 6.15. The van der Waals surface area contributed by atoms with Crippen LogP contribution in [0.1, 0.15) is 34.6 Å². The number of methoxy groups -OCH3 is 2. The molecular weight excluding hydrogens is 352 g/mol. The van der Waals surface area contributed by atoms with E-state index < -0.39 is 22.8 Å². The monoisotopic (exact) mass is 372 g/mol. The van der Waals surface area contributed by atoms with Gasteiger partial charge in [-0.05, 0) is 50.2 Å². The summed E-state index contributed by atoms with van der Waals surface area (Å²) in [5.74, 6) is -0.676. The molecule has 2 aromatic carbocycles. The molecule has 7 nitrogen and oxygen atoms in total. The number of Topliss-reactive ketones (excluding diaryl/α,β-unsaturated/α-hetero) is 2. The van der Waals surface area contributed by atoms with Crippen LogP contribution in [0.4, 0.5) is 0 Å². The first kappa shape index (κ1) is 18.7. The van der Waals surface area contributed by atoms with Gasteiger partial charge < -0.3 is 24.4 Å². The summed E-state index contributed by atoms with van der Waals surface area (Å²) in [5.41, 5.74) is -2.21. The van der Waals surface area contributed by atoms with Gasteiger partial charge in [-0.2, -0.15) is 0 Å². The molecule has 0 spiro atoms. The Hall–Kier alpha value is -3.06. The van der Waals surface area contributed by atoms with Crippen molar-refractivity contribution >= 4 is 11.6 Å². The fourth-order valence-electron chi connectivity index (χ4n) is 3.10. The number of phenolic OH excluding ortho intramolecular Hbond substituents is 2. The first-order chi connectivity index (χ1) is 12.7. The number of hydrogen-bond acceptors (Lipinski definition) is 7. The molecule has 3 rings (SSSR count). The second kappa shape index (κ2) is 6.28. The van der Waals surface area contributed by atoms with E-state index in [2.05, 4.69) is 0 Å². The molecule has 1 saturated heterocycles. The van der Waals surface area contributed by atoms with Gasteiger partial charge in [0.05, 0.1) is 14.2 Å². The Bertz CT molecular complexity index is 860. The predicted octanol–water partition coefficient (Wildman–Crippen LogP) is 2.73. The lowest BCUT2D eigenvalue weighted by Gasteiger charge is -2.13. The van der Waals surface area contributed by atoms with Crippen LogP contribution >= 0.6 is 0 Å². The van der Waals surface area contributed by atoms with E-state index in [-0.39, 0.29) is 34.1 Å². The summed E-state index contributed by atoms with van der Waals surface area (Å²) in [5, 5.41) is 19.4. The molecular formula is C20H20O7. The zero-order valence-corrected chi connectivity index (χ0v) is 15.4. The Morgan fingerprint density at radius 2 is 1.19 bits per heavy atom. The van der Waals surface area contributed by atoms with Crippen LogP contribution in [0, 0.1) is 0 Å². The Morgan fingerprint density at radius 3 is 1.52 bits per heavy atom. The number of benzene rings is 2. The molecule has 2 aromatic rings. The molecule has 142 valence electrons. The molecule has 2 atom stereocenters. The van der Waals surface area contributed by atoms with Crippen molar-refractivity contribution in [3.8, 4) is 23.0 Å². The number of carbonyl (C=O) groups is 2. The van der Waals surface area contributed by atoms with E-state index in [4.69, 9.17) is 14.2 Å². The second-order valence-electron chi connectivity index (χ2n) is 6.60. The Kier molecular flexibility index (Phi) is 4.35. The molecule has 1 fully saturated rings. The van der Waals surface area contributed by atoms with Crippen molar-refractivity contribution in [3.63, 3.8) is 0 Å². The van der Waals surface area contributed by atoms with Gasteiger partial charge in [-0.15, -0.1) is 0 Å². The molecule has 0 unspecified atom stereocenters. The second-order valence-corrected chi connectivity index (χ2v) is 6.60. The minimum atomic E-state index is -1.36. The topological polar surface area (TPSA) is 106 Å². The van der Waals surface area contributed by atoms with Crippen molar-refractivity contribution < 1.29 is 34.0 Å². The lowest BCUT2D eigenvalue weighted by atomic mass is 9.83. The third kappa shape index (κ3) is 2.80. The van der Waals surface area contributed by atoms with Crippen LogP contribution in [0.2, 0.25) is 0 Å². The van der Waals surface area contributed by atoms with Crippen molar-refractivity contribution in [2.24, 2.45) is 0 Å². The number of ether oxygens (including phenoxy) is 3. The normalized spacial score (nSPS) is 23.6. The highest BCUT2D eigenvalue weighted by Gasteiger charge is 2.72. The van der Waals surface area contributed by atoms with Crippen molar-refractivity contribution in [1.82, 2.24) is 0 Å². The number of phenols is 2. The zero-order valence-electron chi connectivity index (χ0n) is 15.4. The Morgan fingerprint density at radius 1 is 0.815 bits per heavy atom. The molecule has 0 bridgehead atoms. The highest BCUT2D eigenvalue weighted by atomic mass is 16.6. The summed E-state index contributed by atoms with van der Waals surface area (Å²) in [6.07, 6.45) is 0. The number of carbonyl (C=O) groups excluding carboxylic acids is 2. The van der Waals surface area contributed by atoms with Crippen LogP contribution in [0.5, 0.6) is 23.0 Å². The van der Waals surface area contributed by atoms with Crippen LogP contribution in [0.15, 0.2) is 36.4 Å². The number of ketones is 2. The molecule has 1 aliphatic heterocycles. The molecule has 0 saturated carbocycles. The highest BCUT2D eigenvalue weighted by Crippen LogP contribution is 2.52. The van der Waals surface area contributed by atoms with Crippen molar-refractivity contribution in [3.05, 3.63) is 47.5 Å². The first-order valence-corrected chi connectivity index (χ1v) is 8.21. The smallest absolute Gasteiger partial charge is 0.198 e. The van der Waals surface area contributed by atoms with Crippen molar-refractivity contribution in [2.45, 2.75) is 25.0 Å². The summed E-state index contributed by atoms with van der Waals surface area (Å²) >= 11 is 0. The fraction of sp³-hybridized carbons (Fsp3) is 0.300. The quantitative estimate of drug-likeness (QED) is 0.593. The summed E-state index contributed by atoms with van der Waals surface area (Å²) < 4.78 is 15.7. The van der Waals surface area contributed by atoms with E-state index in [1.807, 2.05) is 0 Å². The zero-order chi connectivity index (χ0) is 20.0. The van der Waals surface area contributed by atoms with Gasteiger partial charge in [0, 0.05) is 11.1 Å². The van der Waals surface area contributed by atoms with Crippen LogP contribution in [-0.4, -0.2) is 47.2 Å². The molecule has 0 aromatic heterocycles. The van der Waals surface area contributed by atoms with Crippen molar-refractivity contribution in [1.29, 1.82) is 0 Å². The molecule has 7 heteroatoms. The molecule has 0 radical (unpaired) electrons. The lowest BCUT2D eigenvalue weighted by molar-refractivity contribution is 0.0882. The Labute approximate surface area is 156 Å². The van der Waals surface area contributed by atoms with Crippen LogP contribution in [0.25, 0.3) is 0 Å². The maximum absolute atomic E-state index is 13.0. The van der Waals surface area contributed by atoms with Gasteiger partial charge in [0.25, 0.3) is 0 Å². The van der Waals surface area contributed by atoms with Gasteiger partial charge in [-0.3, -0.25) is 9.59 Å². The third-order valence-electron chi connectivity index (χ3n) is 5.03. The summed E-state index contributed by atoms with van der Waals surface area (Å²) in [6, 6.07) is 8.39. The van der Waals surface area contributed by atoms with E-state index in [0.717, 1.165) is 0 Å². The molecule has 1 heterocycles. The van der Waals surface area contributed by atoms with E-state index in [9.17, 15) is 19.8 Å². The van der Waals surface area contributed by atoms with E-state index in [1.165, 1.54) is 50.6 Å². The third-order valence-corrected chi connectivity index (χ3v) is 5.03. The molecule has 1 aliphatic rings. The maximum atomic E-state index is 13.0. The maximum Gasteiger partial charge on any atom is 0.198 e. The Balaban J connectivity index is 1.91. The van der Waals surface area contributed by atoms with Crippen LogP contribution in [-0.2, 0) is 4.74 Å². The summed E-state index contributed by atoms with van der Waals surface area (Å²) in [7, 11) is 2.76. The van der Waals surface area contributed by atoms with Gasteiger partial charge in [-0.1, -0.05) is 0 Å². The van der Waals surface area contributed by atoms with E-state index in [1.54, 1.807) is 13.8 Å². The number of hydrogen-bond donors (Lipinski definition) is 2. The molecule has 0 amide bonds. The number of aromatic hydroxyl groups is 2. The standard InChI is InChI=1S/C20H20O7/c1-19(17(23)11-5-7-13(21)15(9-11)25-3)20(2,27-19)18(24)12-6-8-14(22)16(10-12)26-4/h5-10,21-22H,1-4H3/t19-,20-/m0/s1. The lowest BCUT2D eigenvalue weighted by Crippen LogP contribution is -2.35. The van der Waals surface area contributed by atoms with E-state index in [0.29, 0.717) is 0 Å². The average molecular weight is 372 g/mol. The van der Waals surface area contributed by atoms with Crippen LogP contribution < -0.4 is 9.47 Å². The van der Waals surface area contributed by atoms with Gasteiger partial charge >= 0.3 is 0 Å². The number of epoxide rings is 1. The van der Waals surface area contributed by atoms with E-state index >= 15 is 0 Å². The van der Waals surface area contributed by atoms with Gasteiger partial charge in [0.1, 0.15) is 0 Å². The predicted molar refractivity (Wildman–Crippen MR) is 95.9 cm³/mol. The number of rotatable bonds is 6. The summed E-state index contributed by atoms with van der Waals surface area (Å²) in [4.78, 5) is 25.9. The molecule has 27 heavy (non-hydrogen) atoms. The SMILES string of the molecule is COc1cc(C(=O)[C@]2(C)O[C@@]2(C)C(=O)c2ccc(O)c(OC)c2)ccc1O. The summed E-state index contributed by atoms with van der Waals surface area (Å²) in [6.45, 7) is 3.09. The largest absolute Gasteiger partial charge is 0.504 e. The van der Waals surface area contributed by atoms with Gasteiger partial charge in [0.2, 0.25) is 0 Å². The molecule has 0 aliphatic carbocycles. The average Bonchev–Trinajstić information content (AvgIpc) is 3.25. The van der Waals surface area contributed by atoms with Gasteiger partial charge in [0.15, 0.2) is 45.8 Å². The minimum absolute atomic E-state index is 0.0917. The van der Waals surface area contributed by atoms with Crippen molar-refractivity contribution in [2.75, 3.05) is 14.2 Å². The van der Waals surface area contributed by atoms with Gasteiger partial charge in [-0.25, -0.2) is 0 Å². The fourth-order valence-corrected chi connectivity index (χ4v) is 3.10. The minimum Gasteiger partial charge on any atom is -0.504 e. The molecule has 2 N–H and O–H groups in total.